The zero-order chi connectivity index (χ0) is 12.4. The summed E-state index contributed by atoms with van der Waals surface area (Å²) in [5, 5.41) is 8.94. The standard InChI is InChI=1S/C13H17NO3/c1-9-3-4-12(17-2)11(5-9)13(16)14-6-10(7-14)8-15/h3-5,10,15H,6-8H2,1-2H3. The van der Waals surface area contributed by atoms with E-state index in [1.54, 1.807) is 12.0 Å². The van der Waals surface area contributed by atoms with E-state index in [9.17, 15) is 4.79 Å². The Labute approximate surface area is 101 Å². The molecule has 0 unspecified atom stereocenters. The molecule has 1 aromatic rings. The van der Waals surface area contributed by atoms with Crippen molar-refractivity contribution in [2.24, 2.45) is 5.92 Å². The van der Waals surface area contributed by atoms with Crippen LogP contribution in [0.1, 0.15) is 15.9 Å². The zero-order valence-corrected chi connectivity index (χ0v) is 10.1. The number of nitrogens with zero attached hydrogens (tertiary/aromatic N) is 1. The van der Waals surface area contributed by atoms with Crippen LogP contribution >= 0.6 is 0 Å². The highest BCUT2D eigenvalue weighted by Crippen LogP contribution is 2.25. The Morgan fingerprint density at radius 3 is 2.82 bits per heavy atom. The third kappa shape index (κ3) is 2.26. The number of aryl methyl sites for hydroxylation is 1. The number of methoxy groups -OCH3 is 1. The van der Waals surface area contributed by atoms with Gasteiger partial charge in [0.05, 0.1) is 12.7 Å². The quantitative estimate of drug-likeness (QED) is 0.852. The molecule has 92 valence electrons. The Morgan fingerprint density at radius 1 is 1.53 bits per heavy atom. The minimum atomic E-state index is -0.0183. The fourth-order valence-corrected chi connectivity index (χ4v) is 2.01. The van der Waals surface area contributed by atoms with Crippen LogP contribution in [0.15, 0.2) is 18.2 Å². The fourth-order valence-electron chi connectivity index (χ4n) is 2.01. The summed E-state index contributed by atoms with van der Waals surface area (Å²) in [6, 6.07) is 5.57. The Balaban J connectivity index is 2.16. The van der Waals surface area contributed by atoms with Gasteiger partial charge in [0.25, 0.3) is 5.91 Å². The van der Waals surface area contributed by atoms with Gasteiger partial charge in [0, 0.05) is 25.6 Å². The molecule has 17 heavy (non-hydrogen) atoms. The molecule has 0 saturated carbocycles. The van der Waals surface area contributed by atoms with Gasteiger partial charge in [-0.3, -0.25) is 4.79 Å². The first kappa shape index (κ1) is 11.9. The highest BCUT2D eigenvalue weighted by molar-refractivity contribution is 5.97. The first-order valence-corrected chi connectivity index (χ1v) is 5.70. The lowest BCUT2D eigenvalue weighted by atomic mass is 9.99. The number of aliphatic hydroxyl groups is 1. The van der Waals surface area contributed by atoms with Crippen LogP contribution < -0.4 is 4.74 Å². The summed E-state index contributed by atoms with van der Waals surface area (Å²) in [6.45, 7) is 3.36. The zero-order valence-electron chi connectivity index (χ0n) is 10.1. The van der Waals surface area contributed by atoms with Crippen LogP contribution in [0.3, 0.4) is 0 Å². The number of aliphatic hydroxyl groups excluding tert-OH is 1. The number of ether oxygens (including phenoxy) is 1. The van der Waals surface area contributed by atoms with E-state index in [2.05, 4.69) is 0 Å². The monoisotopic (exact) mass is 235 g/mol. The van der Waals surface area contributed by atoms with Gasteiger partial charge < -0.3 is 14.7 Å². The number of carbonyl (C=O) groups excluding carboxylic acids is 1. The lowest BCUT2D eigenvalue weighted by molar-refractivity contribution is 0.0359. The molecule has 2 rings (SSSR count). The van der Waals surface area contributed by atoms with Crippen LogP contribution in [-0.2, 0) is 0 Å². The van der Waals surface area contributed by atoms with Crippen LogP contribution in [0.4, 0.5) is 0 Å². The van der Waals surface area contributed by atoms with Gasteiger partial charge in [0.15, 0.2) is 0 Å². The van der Waals surface area contributed by atoms with Crippen LogP contribution in [0.25, 0.3) is 0 Å². The van der Waals surface area contributed by atoms with E-state index in [1.165, 1.54) is 0 Å². The highest BCUT2D eigenvalue weighted by Gasteiger charge is 2.31. The lowest BCUT2D eigenvalue weighted by Crippen LogP contribution is -2.51. The second-order valence-corrected chi connectivity index (χ2v) is 4.46. The van der Waals surface area contributed by atoms with Gasteiger partial charge in [-0.25, -0.2) is 0 Å². The fraction of sp³-hybridized carbons (Fsp3) is 0.462. The third-order valence-electron chi connectivity index (χ3n) is 3.09. The van der Waals surface area contributed by atoms with Gasteiger partial charge in [-0.1, -0.05) is 11.6 Å². The maximum Gasteiger partial charge on any atom is 0.257 e. The molecule has 4 heteroatoms. The number of likely N-dealkylation sites (tertiary alicyclic amines) is 1. The second-order valence-electron chi connectivity index (χ2n) is 4.46. The Kier molecular flexibility index (Phi) is 3.33. The molecule has 1 amide bonds. The molecule has 1 aliphatic rings. The molecule has 1 fully saturated rings. The summed E-state index contributed by atoms with van der Waals surface area (Å²) in [6.07, 6.45) is 0. The number of hydrogen-bond acceptors (Lipinski definition) is 3. The van der Waals surface area contributed by atoms with Crippen molar-refractivity contribution >= 4 is 5.91 Å². The number of carbonyl (C=O) groups is 1. The van der Waals surface area contributed by atoms with Gasteiger partial charge in [0.2, 0.25) is 0 Å². The molecular formula is C13H17NO3. The third-order valence-corrected chi connectivity index (χ3v) is 3.09. The SMILES string of the molecule is COc1ccc(C)cc1C(=O)N1CC(CO)C1. The molecular weight excluding hydrogens is 218 g/mol. The highest BCUT2D eigenvalue weighted by atomic mass is 16.5. The Bertz CT molecular complexity index is 425. The predicted octanol–water partition coefficient (Wildman–Crippen LogP) is 1.07. The van der Waals surface area contributed by atoms with Crippen molar-refractivity contribution in [1.82, 2.24) is 4.90 Å². The van der Waals surface area contributed by atoms with E-state index in [0.717, 1.165) is 5.56 Å². The van der Waals surface area contributed by atoms with E-state index in [4.69, 9.17) is 9.84 Å². The van der Waals surface area contributed by atoms with Crippen molar-refractivity contribution in [1.29, 1.82) is 0 Å². The van der Waals surface area contributed by atoms with Crippen LogP contribution in [0, 0.1) is 12.8 Å². The van der Waals surface area contributed by atoms with Crippen molar-refractivity contribution in [3.63, 3.8) is 0 Å². The molecule has 1 N–H and O–H groups in total. The van der Waals surface area contributed by atoms with Crippen LogP contribution in [0.2, 0.25) is 0 Å². The maximum absolute atomic E-state index is 12.2. The van der Waals surface area contributed by atoms with E-state index in [-0.39, 0.29) is 18.4 Å². The first-order valence-electron chi connectivity index (χ1n) is 5.70. The molecule has 0 aromatic heterocycles. The van der Waals surface area contributed by atoms with Gasteiger partial charge >= 0.3 is 0 Å². The van der Waals surface area contributed by atoms with Crippen LogP contribution in [0.5, 0.6) is 5.75 Å². The molecule has 0 aliphatic carbocycles. The average molecular weight is 235 g/mol. The van der Waals surface area contributed by atoms with E-state index in [1.807, 2.05) is 25.1 Å². The lowest BCUT2D eigenvalue weighted by Gasteiger charge is -2.38. The topological polar surface area (TPSA) is 49.8 Å². The molecule has 4 nitrogen and oxygen atoms in total. The molecule has 0 spiro atoms. The van der Waals surface area contributed by atoms with Crippen molar-refractivity contribution in [2.75, 3.05) is 26.8 Å². The number of rotatable bonds is 3. The maximum atomic E-state index is 12.2. The summed E-state index contributed by atoms with van der Waals surface area (Å²) in [7, 11) is 1.56. The average Bonchev–Trinajstić information content (AvgIpc) is 2.27. The van der Waals surface area contributed by atoms with Gasteiger partial charge in [-0.05, 0) is 19.1 Å². The molecule has 1 aromatic carbocycles. The Hall–Kier alpha value is -1.55. The molecule has 1 aliphatic heterocycles. The first-order chi connectivity index (χ1) is 8.15. The normalized spacial score (nSPS) is 15.6. The summed E-state index contributed by atoms with van der Waals surface area (Å²) in [4.78, 5) is 13.9. The minimum absolute atomic E-state index is 0.0183. The summed E-state index contributed by atoms with van der Waals surface area (Å²) in [5.74, 6) is 0.818. The predicted molar refractivity (Wildman–Crippen MR) is 64.2 cm³/mol. The van der Waals surface area contributed by atoms with E-state index in [0.29, 0.717) is 24.4 Å². The van der Waals surface area contributed by atoms with Crippen molar-refractivity contribution in [3.8, 4) is 5.75 Å². The Morgan fingerprint density at radius 2 is 2.24 bits per heavy atom. The van der Waals surface area contributed by atoms with Gasteiger partial charge in [0.1, 0.15) is 5.75 Å². The molecule has 1 saturated heterocycles. The minimum Gasteiger partial charge on any atom is -0.496 e. The largest absolute Gasteiger partial charge is 0.496 e. The molecule has 0 bridgehead atoms. The van der Waals surface area contributed by atoms with Crippen molar-refractivity contribution in [3.05, 3.63) is 29.3 Å². The number of amides is 1. The van der Waals surface area contributed by atoms with Gasteiger partial charge in [-0.15, -0.1) is 0 Å². The summed E-state index contributed by atoms with van der Waals surface area (Å²) in [5.41, 5.74) is 1.64. The van der Waals surface area contributed by atoms with E-state index >= 15 is 0 Å². The number of hydrogen-bond donors (Lipinski definition) is 1. The summed E-state index contributed by atoms with van der Waals surface area (Å²) >= 11 is 0. The van der Waals surface area contributed by atoms with Gasteiger partial charge in [-0.2, -0.15) is 0 Å². The molecule has 0 radical (unpaired) electrons. The van der Waals surface area contributed by atoms with Crippen LogP contribution in [-0.4, -0.2) is 42.7 Å². The second kappa shape index (κ2) is 4.75. The van der Waals surface area contributed by atoms with Crippen molar-refractivity contribution in [2.45, 2.75) is 6.92 Å². The number of benzene rings is 1. The summed E-state index contributed by atoms with van der Waals surface area (Å²) < 4.78 is 5.20. The van der Waals surface area contributed by atoms with Crippen molar-refractivity contribution < 1.29 is 14.6 Å². The molecule has 1 heterocycles. The smallest absolute Gasteiger partial charge is 0.257 e. The van der Waals surface area contributed by atoms with E-state index < -0.39 is 0 Å². The molecule has 0 atom stereocenters.